The van der Waals surface area contributed by atoms with Gasteiger partial charge in [-0.1, -0.05) is 6.07 Å². The second-order valence-corrected chi connectivity index (χ2v) is 5.66. The fourth-order valence-corrected chi connectivity index (χ4v) is 2.17. The molecule has 0 atom stereocenters. The minimum Gasteiger partial charge on any atom is -0.482 e. The Labute approximate surface area is 149 Å². The first-order chi connectivity index (χ1) is 11.9. The lowest BCUT2D eigenvalue weighted by Crippen LogP contribution is -2.33. The summed E-state index contributed by atoms with van der Waals surface area (Å²) in [5.41, 5.74) is -0.848. The lowest BCUT2D eigenvalue weighted by atomic mass is 10.3. The lowest BCUT2D eigenvalue weighted by molar-refractivity contribution is -0.142. The van der Waals surface area contributed by atoms with Gasteiger partial charge in [0.15, 0.2) is 6.61 Å². The number of amides is 1. The second kappa shape index (κ2) is 8.29. The standard InChI is InChI=1S/C15H14BrN3O6/c1-24-13(21)8-25-10-4-2-3-9(5-10)17-12(20)7-19-6-11(16)14(22)18-15(19)23/h2-6H,7-8H2,1H3,(H,17,20)(H,18,22,23). The zero-order chi connectivity index (χ0) is 18.4. The highest BCUT2D eigenvalue weighted by Crippen LogP contribution is 2.17. The fourth-order valence-electron chi connectivity index (χ4n) is 1.82. The molecule has 1 aromatic heterocycles. The Balaban J connectivity index is 2.03. The van der Waals surface area contributed by atoms with Gasteiger partial charge in [-0.3, -0.25) is 19.1 Å². The van der Waals surface area contributed by atoms with Crippen LogP contribution in [0.5, 0.6) is 5.75 Å². The Morgan fingerprint density at radius 2 is 2.08 bits per heavy atom. The molecule has 0 aliphatic rings. The van der Waals surface area contributed by atoms with Gasteiger partial charge < -0.3 is 14.8 Å². The van der Waals surface area contributed by atoms with E-state index in [-0.39, 0.29) is 17.6 Å². The van der Waals surface area contributed by atoms with Crippen molar-refractivity contribution in [2.24, 2.45) is 0 Å². The maximum Gasteiger partial charge on any atom is 0.343 e. The zero-order valence-corrected chi connectivity index (χ0v) is 14.7. The second-order valence-electron chi connectivity index (χ2n) is 4.81. The molecule has 1 amide bonds. The average molecular weight is 412 g/mol. The molecule has 0 unspecified atom stereocenters. The third-order valence-electron chi connectivity index (χ3n) is 2.98. The van der Waals surface area contributed by atoms with Crippen molar-refractivity contribution in [3.63, 3.8) is 0 Å². The van der Waals surface area contributed by atoms with Crippen molar-refractivity contribution < 1.29 is 19.1 Å². The van der Waals surface area contributed by atoms with E-state index in [9.17, 15) is 19.2 Å². The van der Waals surface area contributed by atoms with E-state index in [0.717, 1.165) is 4.57 Å². The molecular formula is C15H14BrN3O6. The summed E-state index contributed by atoms with van der Waals surface area (Å²) >= 11 is 2.99. The van der Waals surface area contributed by atoms with E-state index in [1.807, 2.05) is 0 Å². The summed E-state index contributed by atoms with van der Waals surface area (Å²) in [6.07, 6.45) is 1.23. The molecule has 0 radical (unpaired) electrons. The number of nitrogens with one attached hydrogen (secondary N) is 2. The van der Waals surface area contributed by atoms with Gasteiger partial charge in [-0.15, -0.1) is 0 Å². The number of aromatic amines is 1. The molecule has 132 valence electrons. The SMILES string of the molecule is COC(=O)COc1cccc(NC(=O)Cn2cc(Br)c(=O)[nH]c2=O)c1. The molecular weight excluding hydrogens is 398 g/mol. The van der Waals surface area contributed by atoms with Gasteiger partial charge in [0.05, 0.1) is 11.6 Å². The van der Waals surface area contributed by atoms with E-state index < -0.39 is 23.1 Å². The lowest BCUT2D eigenvalue weighted by Gasteiger charge is -2.09. The van der Waals surface area contributed by atoms with Gasteiger partial charge in [0.1, 0.15) is 12.3 Å². The summed E-state index contributed by atoms with van der Waals surface area (Å²) in [7, 11) is 1.25. The fraction of sp³-hybridized carbons (Fsp3) is 0.200. The zero-order valence-electron chi connectivity index (χ0n) is 13.1. The van der Waals surface area contributed by atoms with Crippen LogP contribution < -0.4 is 21.3 Å². The van der Waals surface area contributed by atoms with E-state index in [2.05, 4.69) is 31.0 Å². The number of carbonyl (C=O) groups excluding carboxylic acids is 2. The van der Waals surface area contributed by atoms with Crippen LogP contribution >= 0.6 is 15.9 Å². The van der Waals surface area contributed by atoms with Crippen LogP contribution in [-0.2, 0) is 20.9 Å². The molecule has 0 aliphatic carbocycles. The molecule has 1 heterocycles. The van der Waals surface area contributed by atoms with Gasteiger partial charge in [0, 0.05) is 18.0 Å². The number of H-pyrrole nitrogens is 1. The molecule has 9 nitrogen and oxygen atoms in total. The van der Waals surface area contributed by atoms with Gasteiger partial charge in [0.25, 0.3) is 5.56 Å². The summed E-state index contributed by atoms with van der Waals surface area (Å²) in [6, 6.07) is 6.38. The van der Waals surface area contributed by atoms with Crippen LogP contribution in [-0.4, -0.2) is 35.1 Å². The molecule has 2 N–H and O–H groups in total. The maximum absolute atomic E-state index is 12.1. The minimum atomic E-state index is -0.696. The highest BCUT2D eigenvalue weighted by molar-refractivity contribution is 9.10. The summed E-state index contributed by atoms with van der Waals surface area (Å²) in [5, 5.41) is 2.59. The number of hydrogen-bond donors (Lipinski definition) is 2. The number of carbonyl (C=O) groups is 2. The van der Waals surface area contributed by atoms with Crippen molar-refractivity contribution in [1.29, 1.82) is 0 Å². The molecule has 2 aromatic rings. The van der Waals surface area contributed by atoms with Gasteiger partial charge in [-0.25, -0.2) is 9.59 Å². The highest BCUT2D eigenvalue weighted by atomic mass is 79.9. The number of methoxy groups -OCH3 is 1. The minimum absolute atomic E-state index is 0.137. The van der Waals surface area contributed by atoms with E-state index in [4.69, 9.17) is 4.74 Å². The summed E-state index contributed by atoms with van der Waals surface area (Å²) in [4.78, 5) is 48.1. The number of rotatable bonds is 6. The number of nitrogens with zero attached hydrogens (tertiary/aromatic N) is 1. The van der Waals surface area contributed by atoms with E-state index >= 15 is 0 Å². The number of ether oxygens (including phenoxy) is 2. The van der Waals surface area contributed by atoms with Crippen LogP contribution in [0.15, 0.2) is 44.5 Å². The normalized spacial score (nSPS) is 10.2. The summed E-state index contributed by atoms with van der Waals surface area (Å²) in [6.45, 7) is -0.545. The summed E-state index contributed by atoms with van der Waals surface area (Å²) in [5.74, 6) is -0.643. The molecule has 25 heavy (non-hydrogen) atoms. The largest absolute Gasteiger partial charge is 0.482 e. The molecule has 10 heteroatoms. The van der Waals surface area contributed by atoms with Gasteiger partial charge >= 0.3 is 11.7 Å². The van der Waals surface area contributed by atoms with Crippen LogP contribution in [0.4, 0.5) is 5.69 Å². The quantitative estimate of drug-likeness (QED) is 0.667. The van der Waals surface area contributed by atoms with Gasteiger partial charge in [-0.05, 0) is 28.1 Å². The molecule has 0 spiro atoms. The Hall–Kier alpha value is -2.88. The number of halogens is 1. The Morgan fingerprint density at radius 1 is 1.32 bits per heavy atom. The average Bonchev–Trinajstić information content (AvgIpc) is 2.57. The third kappa shape index (κ3) is 5.31. The van der Waals surface area contributed by atoms with Crippen LogP contribution in [0.1, 0.15) is 0 Å². The predicted octanol–water partition coefficient (Wildman–Crippen LogP) is 0.490. The van der Waals surface area contributed by atoms with Crippen LogP contribution in [0.25, 0.3) is 0 Å². The molecule has 1 aromatic carbocycles. The van der Waals surface area contributed by atoms with Crippen molar-refractivity contribution in [3.05, 3.63) is 55.8 Å². The number of anilines is 1. The summed E-state index contributed by atoms with van der Waals surface area (Å²) < 4.78 is 10.9. The van der Waals surface area contributed by atoms with E-state index in [0.29, 0.717) is 11.4 Å². The van der Waals surface area contributed by atoms with Crippen LogP contribution in [0.2, 0.25) is 0 Å². The van der Waals surface area contributed by atoms with Crippen LogP contribution in [0, 0.1) is 0 Å². The number of esters is 1. The van der Waals surface area contributed by atoms with Crippen LogP contribution in [0.3, 0.4) is 0 Å². The van der Waals surface area contributed by atoms with Crippen molar-refractivity contribution in [1.82, 2.24) is 9.55 Å². The van der Waals surface area contributed by atoms with E-state index in [1.165, 1.54) is 19.4 Å². The first-order valence-electron chi connectivity index (χ1n) is 6.98. The molecule has 0 bridgehead atoms. The molecule has 0 aliphatic heterocycles. The van der Waals surface area contributed by atoms with Crippen molar-refractivity contribution in [2.75, 3.05) is 19.0 Å². The van der Waals surface area contributed by atoms with Crippen molar-refractivity contribution in [3.8, 4) is 5.75 Å². The predicted molar refractivity (Wildman–Crippen MR) is 91.6 cm³/mol. The Bertz CT molecular complexity index is 905. The van der Waals surface area contributed by atoms with Crippen molar-refractivity contribution >= 4 is 33.5 Å². The topological polar surface area (TPSA) is 119 Å². The van der Waals surface area contributed by atoms with Gasteiger partial charge in [-0.2, -0.15) is 0 Å². The van der Waals surface area contributed by atoms with Crippen molar-refractivity contribution in [2.45, 2.75) is 6.54 Å². The Morgan fingerprint density at radius 3 is 2.80 bits per heavy atom. The Kier molecular flexibility index (Phi) is 6.12. The monoisotopic (exact) mass is 411 g/mol. The van der Waals surface area contributed by atoms with Gasteiger partial charge in [0.2, 0.25) is 5.91 Å². The van der Waals surface area contributed by atoms with E-state index in [1.54, 1.807) is 18.2 Å². The first-order valence-corrected chi connectivity index (χ1v) is 7.77. The third-order valence-corrected chi connectivity index (χ3v) is 3.55. The molecule has 0 fully saturated rings. The number of hydrogen-bond acceptors (Lipinski definition) is 6. The highest BCUT2D eigenvalue weighted by Gasteiger charge is 2.09. The number of aromatic nitrogens is 2. The number of benzene rings is 1. The first kappa shape index (κ1) is 18.5. The maximum atomic E-state index is 12.1. The molecule has 0 saturated heterocycles. The molecule has 0 saturated carbocycles. The molecule has 2 rings (SSSR count). The smallest absolute Gasteiger partial charge is 0.343 e.